The van der Waals surface area contributed by atoms with Crippen molar-refractivity contribution in [2.24, 2.45) is 0 Å². The Morgan fingerprint density at radius 3 is 2.70 bits per heavy atom. The molecule has 0 spiro atoms. The number of nitrogens with zero attached hydrogens (tertiary/aromatic N) is 2. The molecule has 0 aliphatic carbocycles. The lowest BCUT2D eigenvalue weighted by molar-refractivity contribution is 0.0696. The molecule has 1 aromatic heterocycles. The van der Waals surface area contributed by atoms with Gasteiger partial charge in [-0.05, 0) is 39.4 Å². The molecule has 0 fully saturated rings. The summed E-state index contributed by atoms with van der Waals surface area (Å²) in [4.78, 5) is 17.8. The first-order chi connectivity index (χ1) is 9.43. The zero-order chi connectivity index (χ0) is 15.1. The number of likely N-dealkylation sites (N-methyl/N-ethyl adjacent to an activating group) is 1. The van der Waals surface area contributed by atoms with E-state index < -0.39 is 5.97 Å². The molecule has 112 valence electrons. The van der Waals surface area contributed by atoms with Crippen LogP contribution in [-0.2, 0) is 6.42 Å². The molecule has 0 saturated carbocycles. The van der Waals surface area contributed by atoms with Crippen molar-refractivity contribution in [1.29, 1.82) is 0 Å². The number of pyridine rings is 1. The predicted molar refractivity (Wildman–Crippen MR) is 81.4 cm³/mol. The number of rotatable bonds is 8. The summed E-state index contributed by atoms with van der Waals surface area (Å²) in [6, 6.07) is 3.74. The van der Waals surface area contributed by atoms with Gasteiger partial charge in [-0.1, -0.05) is 13.3 Å². The number of aryl methyl sites for hydroxylation is 1. The highest BCUT2D eigenvalue weighted by atomic mass is 16.4. The van der Waals surface area contributed by atoms with Crippen molar-refractivity contribution in [2.45, 2.75) is 39.7 Å². The van der Waals surface area contributed by atoms with Crippen LogP contribution in [0.1, 0.15) is 43.2 Å². The Kier molecular flexibility index (Phi) is 6.45. The van der Waals surface area contributed by atoms with E-state index in [0.717, 1.165) is 31.6 Å². The summed E-state index contributed by atoms with van der Waals surface area (Å²) < 4.78 is 0. The number of hydrogen-bond acceptors (Lipinski definition) is 4. The summed E-state index contributed by atoms with van der Waals surface area (Å²) in [7, 11) is 2.07. The minimum absolute atomic E-state index is 0.295. The van der Waals surface area contributed by atoms with Crippen molar-refractivity contribution < 1.29 is 9.90 Å². The Hall–Kier alpha value is -1.62. The van der Waals surface area contributed by atoms with Gasteiger partial charge in [0.1, 0.15) is 5.82 Å². The maximum absolute atomic E-state index is 11.1. The summed E-state index contributed by atoms with van der Waals surface area (Å²) in [5.41, 5.74) is 1.12. The average Bonchev–Trinajstić information content (AvgIpc) is 2.38. The quantitative estimate of drug-likeness (QED) is 0.765. The highest BCUT2D eigenvalue weighted by molar-refractivity contribution is 5.88. The minimum atomic E-state index is -0.910. The van der Waals surface area contributed by atoms with Gasteiger partial charge < -0.3 is 15.3 Å². The van der Waals surface area contributed by atoms with Gasteiger partial charge in [0.2, 0.25) is 0 Å². The fourth-order valence-electron chi connectivity index (χ4n) is 1.80. The Morgan fingerprint density at radius 2 is 2.15 bits per heavy atom. The first kappa shape index (κ1) is 16.4. The van der Waals surface area contributed by atoms with Crippen LogP contribution in [0, 0.1) is 0 Å². The molecule has 5 heteroatoms. The number of aromatic carboxylic acids is 1. The zero-order valence-electron chi connectivity index (χ0n) is 12.8. The summed E-state index contributed by atoms with van der Waals surface area (Å²) in [5, 5.41) is 12.3. The summed E-state index contributed by atoms with van der Waals surface area (Å²) in [6.07, 6.45) is 1.74. The molecule has 1 rings (SSSR count). The molecule has 1 aromatic rings. The van der Waals surface area contributed by atoms with E-state index in [1.165, 1.54) is 0 Å². The number of carboxylic acids is 1. The highest BCUT2D eigenvalue weighted by Crippen LogP contribution is 2.12. The van der Waals surface area contributed by atoms with E-state index in [4.69, 9.17) is 5.11 Å². The number of carboxylic acid groups (broad SMARTS) is 1. The Morgan fingerprint density at radius 1 is 1.45 bits per heavy atom. The third kappa shape index (κ3) is 5.17. The Labute approximate surface area is 121 Å². The van der Waals surface area contributed by atoms with Crippen molar-refractivity contribution in [1.82, 2.24) is 9.88 Å². The van der Waals surface area contributed by atoms with Crippen LogP contribution in [0.5, 0.6) is 0 Å². The van der Waals surface area contributed by atoms with Crippen LogP contribution in [0.2, 0.25) is 0 Å². The molecule has 0 aromatic carbocycles. The molecule has 5 nitrogen and oxygen atoms in total. The van der Waals surface area contributed by atoms with Gasteiger partial charge in [-0.2, -0.15) is 0 Å². The van der Waals surface area contributed by atoms with E-state index in [-0.39, 0.29) is 0 Å². The van der Waals surface area contributed by atoms with Crippen molar-refractivity contribution in [3.63, 3.8) is 0 Å². The molecular formula is C15H25N3O2. The van der Waals surface area contributed by atoms with Gasteiger partial charge in [0.25, 0.3) is 0 Å². The second kappa shape index (κ2) is 7.85. The Bertz CT molecular complexity index is 447. The molecule has 0 unspecified atom stereocenters. The first-order valence-corrected chi connectivity index (χ1v) is 7.12. The molecule has 1 heterocycles. The van der Waals surface area contributed by atoms with E-state index in [0.29, 0.717) is 17.4 Å². The van der Waals surface area contributed by atoms with Gasteiger partial charge in [0.15, 0.2) is 0 Å². The monoisotopic (exact) mass is 279 g/mol. The van der Waals surface area contributed by atoms with E-state index in [1.54, 1.807) is 12.1 Å². The molecule has 2 N–H and O–H groups in total. The van der Waals surface area contributed by atoms with Gasteiger partial charge in [-0.25, -0.2) is 9.78 Å². The molecule has 20 heavy (non-hydrogen) atoms. The molecule has 0 aliphatic heterocycles. The maximum Gasteiger partial charge on any atom is 0.335 e. The van der Waals surface area contributed by atoms with E-state index in [2.05, 4.69) is 43.0 Å². The number of carbonyl (C=O) groups is 1. The summed E-state index contributed by atoms with van der Waals surface area (Å²) in [5.74, 6) is -0.266. The van der Waals surface area contributed by atoms with Crippen LogP contribution in [0.3, 0.4) is 0 Å². The third-order valence-electron chi connectivity index (χ3n) is 3.28. The first-order valence-electron chi connectivity index (χ1n) is 7.12. The third-order valence-corrected chi connectivity index (χ3v) is 3.28. The van der Waals surface area contributed by atoms with E-state index >= 15 is 0 Å². The van der Waals surface area contributed by atoms with Gasteiger partial charge >= 0.3 is 5.97 Å². The molecule has 0 saturated heterocycles. The molecular weight excluding hydrogens is 254 g/mol. The lowest BCUT2D eigenvalue weighted by Crippen LogP contribution is -2.31. The van der Waals surface area contributed by atoms with Crippen molar-refractivity contribution in [2.75, 3.05) is 25.5 Å². The normalized spacial score (nSPS) is 11.1. The van der Waals surface area contributed by atoms with E-state index in [9.17, 15) is 4.79 Å². The van der Waals surface area contributed by atoms with Gasteiger partial charge in [0.05, 0.1) is 5.56 Å². The highest BCUT2D eigenvalue weighted by Gasteiger charge is 2.08. The lowest BCUT2D eigenvalue weighted by Gasteiger charge is -2.21. The minimum Gasteiger partial charge on any atom is -0.478 e. The smallest absolute Gasteiger partial charge is 0.335 e. The van der Waals surface area contributed by atoms with Crippen molar-refractivity contribution >= 4 is 11.8 Å². The van der Waals surface area contributed by atoms with Crippen LogP contribution in [0.25, 0.3) is 0 Å². The van der Waals surface area contributed by atoms with Crippen LogP contribution in [-0.4, -0.2) is 47.1 Å². The second-order valence-electron chi connectivity index (χ2n) is 5.29. The molecule has 0 radical (unpaired) electrons. The lowest BCUT2D eigenvalue weighted by atomic mass is 10.1. The van der Waals surface area contributed by atoms with Crippen LogP contribution >= 0.6 is 0 Å². The standard InChI is InChI=1S/C15H25N3O2/c1-5-6-13-9-12(15(19)20)10-14(17-13)16-7-8-18(4)11(2)3/h9-11H,5-8H2,1-4H3,(H,16,17)(H,19,20). The van der Waals surface area contributed by atoms with Gasteiger partial charge in [-0.3, -0.25) is 0 Å². The van der Waals surface area contributed by atoms with Crippen LogP contribution in [0.4, 0.5) is 5.82 Å². The van der Waals surface area contributed by atoms with Crippen LogP contribution < -0.4 is 5.32 Å². The second-order valence-corrected chi connectivity index (χ2v) is 5.29. The summed E-state index contributed by atoms with van der Waals surface area (Å²) in [6.45, 7) is 7.97. The summed E-state index contributed by atoms with van der Waals surface area (Å²) >= 11 is 0. The van der Waals surface area contributed by atoms with E-state index in [1.807, 2.05) is 0 Å². The van der Waals surface area contributed by atoms with Crippen molar-refractivity contribution in [3.05, 3.63) is 23.4 Å². The Balaban J connectivity index is 2.70. The fraction of sp³-hybridized carbons (Fsp3) is 0.600. The molecule has 0 amide bonds. The molecule has 0 aliphatic rings. The maximum atomic E-state index is 11.1. The zero-order valence-corrected chi connectivity index (χ0v) is 12.8. The van der Waals surface area contributed by atoms with Crippen LogP contribution in [0.15, 0.2) is 12.1 Å². The number of nitrogens with one attached hydrogen (secondary N) is 1. The number of anilines is 1. The molecule has 0 atom stereocenters. The fourth-order valence-corrected chi connectivity index (χ4v) is 1.80. The largest absolute Gasteiger partial charge is 0.478 e. The van der Waals surface area contributed by atoms with Gasteiger partial charge in [-0.15, -0.1) is 0 Å². The average molecular weight is 279 g/mol. The topological polar surface area (TPSA) is 65.5 Å². The van der Waals surface area contributed by atoms with Gasteiger partial charge in [0, 0.05) is 24.8 Å². The predicted octanol–water partition coefficient (Wildman–Crippen LogP) is 2.48. The number of hydrogen-bond donors (Lipinski definition) is 2. The SMILES string of the molecule is CCCc1cc(C(=O)O)cc(NCCN(C)C(C)C)n1. The number of aromatic nitrogens is 1. The van der Waals surface area contributed by atoms with Crippen molar-refractivity contribution in [3.8, 4) is 0 Å². The molecule has 0 bridgehead atoms.